The SMILES string of the molecule is [C-]#[N+]CCOP(OC1[C@H]2OC[C@@]1(CC)O[C@H]2n1cc(C#CCNC(=O)c2ccc3ccc4cccc5ccc2c3c45)c(=O)[nH]c1=O)N(C(C)C)C(C)C. The average molecular weight is 736 g/mol. The minimum atomic E-state index is -1.61. The molecule has 7 rings (SSSR count). The van der Waals surface area contributed by atoms with Gasteiger partial charge in [-0.3, -0.25) is 19.1 Å². The van der Waals surface area contributed by atoms with Crippen LogP contribution in [0, 0.1) is 18.4 Å². The summed E-state index contributed by atoms with van der Waals surface area (Å²) in [7, 11) is -1.61. The van der Waals surface area contributed by atoms with Crippen LogP contribution in [0.3, 0.4) is 0 Å². The molecule has 4 aromatic carbocycles. The molecule has 13 heteroatoms. The number of rotatable bonds is 12. The normalized spacial score (nSPS) is 21.5. The molecule has 2 aliphatic rings. The Morgan fingerprint density at radius 1 is 1.09 bits per heavy atom. The van der Waals surface area contributed by atoms with E-state index in [0.717, 1.165) is 32.3 Å². The van der Waals surface area contributed by atoms with Crippen LogP contribution >= 0.6 is 8.53 Å². The predicted octanol–water partition coefficient (Wildman–Crippen LogP) is 5.96. The number of carbonyl (C=O) groups is 1. The van der Waals surface area contributed by atoms with Crippen LogP contribution in [-0.4, -0.2) is 76.3 Å². The highest BCUT2D eigenvalue weighted by molar-refractivity contribution is 7.44. The van der Waals surface area contributed by atoms with E-state index in [4.69, 9.17) is 25.1 Å². The predicted molar refractivity (Wildman–Crippen MR) is 205 cm³/mol. The summed E-state index contributed by atoms with van der Waals surface area (Å²) in [5.41, 5.74) is -1.62. The molecule has 0 aliphatic carbocycles. The third-order valence-corrected chi connectivity index (χ3v) is 12.1. The van der Waals surface area contributed by atoms with Crippen molar-refractivity contribution in [2.24, 2.45) is 0 Å². The first kappa shape index (κ1) is 36.7. The largest absolute Gasteiger partial charge is 0.368 e. The van der Waals surface area contributed by atoms with Crippen LogP contribution in [0.25, 0.3) is 37.2 Å². The number of aromatic nitrogens is 2. The highest BCUT2D eigenvalue weighted by Crippen LogP contribution is 2.55. The van der Waals surface area contributed by atoms with Crippen molar-refractivity contribution in [2.45, 2.75) is 77.2 Å². The lowest BCUT2D eigenvalue weighted by molar-refractivity contribution is -0.175. The van der Waals surface area contributed by atoms with Crippen LogP contribution in [0.5, 0.6) is 0 Å². The number of hydrogen-bond donors (Lipinski definition) is 2. The first-order chi connectivity index (χ1) is 25.6. The zero-order valence-corrected chi connectivity index (χ0v) is 31.2. The van der Waals surface area contributed by atoms with Gasteiger partial charge in [0, 0.05) is 23.8 Å². The number of nitrogens with one attached hydrogen (secondary N) is 2. The fourth-order valence-corrected chi connectivity index (χ4v) is 9.35. The van der Waals surface area contributed by atoms with Crippen LogP contribution in [0.1, 0.15) is 63.2 Å². The van der Waals surface area contributed by atoms with Crippen molar-refractivity contribution in [2.75, 3.05) is 26.3 Å². The van der Waals surface area contributed by atoms with Crippen LogP contribution < -0.4 is 16.6 Å². The van der Waals surface area contributed by atoms with Gasteiger partial charge in [0.15, 0.2) is 6.23 Å². The zero-order valence-electron chi connectivity index (χ0n) is 30.3. The third kappa shape index (κ3) is 6.72. The van der Waals surface area contributed by atoms with Crippen molar-refractivity contribution in [3.8, 4) is 11.8 Å². The molecular weight excluding hydrogens is 693 g/mol. The highest BCUT2D eigenvalue weighted by atomic mass is 31.2. The molecule has 2 unspecified atom stereocenters. The average Bonchev–Trinajstić information content (AvgIpc) is 3.64. The standard InChI is InChI=1S/C40H42N5O7P/c1-7-40-23-49-34(35(40)52-53(50-21-20-41-6)45(24(2)3)25(4)5)38(51-40)44-22-29(36(46)43-39(44)48)12-9-19-42-37(47)31-18-16-28-14-13-26-10-8-11-27-15-17-30(31)33(28)32(26)27/h8,10-11,13-18,22,24-25,34-35,38H,7,19-21,23H2,1-5H3,(H,42,47)(H,43,46,48)/t34-,35?,38-,40-,53?/m1/s1. The van der Waals surface area contributed by atoms with Crippen molar-refractivity contribution >= 4 is 46.8 Å². The van der Waals surface area contributed by atoms with Gasteiger partial charge in [0.2, 0.25) is 6.54 Å². The molecule has 2 saturated heterocycles. The molecule has 12 nitrogen and oxygen atoms in total. The molecule has 5 aromatic rings. The van der Waals surface area contributed by atoms with Crippen LogP contribution in [-0.2, 0) is 18.5 Å². The van der Waals surface area contributed by atoms with Gasteiger partial charge < -0.3 is 28.7 Å². The molecule has 0 saturated carbocycles. The summed E-state index contributed by atoms with van der Waals surface area (Å²) in [4.78, 5) is 45.3. The minimum Gasteiger partial charge on any atom is -0.368 e. The lowest BCUT2D eigenvalue weighted by Gasteiger charge is -2.38. The lowest BCUT2D eigenvalue weighted by Crippen LogP contribution is -2.43. The van der Waals surface area contributed by atoms with E-state index in [1.165, 1.54) is 10.8 Å². The summed E-state index contributed by atoms with van der Waals surface area (Å²) in [5.74, 6) is 5.41. The number of H-pyrrole nitrogens is 1. The second kappa shape index (κ2) is 15.0. The van der Waals surface area contributed by atoms with Crippen molar-refractivity contribution in [1.29, 1.82) is 0 Å². The molecular formula is C40H42N5O7P. The van der Waals surface area contributed by atoms with E-state index in [0.29, 0.717) is 12.0 Å². The maximum absolute atomic E-state index is 13.4. The number of benzene rings is 4. The van der Waals surface area contributed by atoms with E-state index >= 15 is 0 Å². The van der Waals surface area contributed by atoms with E-state index in [2.05, 4.69) is 83.6 Å². The number of carbonyl (C=O) groups excluding carboxylic acids is 1. The molecule has 2 N–H and O–H groups in total. The van der Waals surface area contributed by atoms with E-state index in [1.54, 1.807) is 0 Å². The maximum Gasteiger partial charge on any atom is 0.330 e. The number of nitrogens with zero attached hydrogens (tertiary/aromatic N) is 3. The fourth-order valence-electron chi connectivity index (χ4n) is 7.55. The van der Waals surface area contributed by atoms with Gasteiger partial charge in [-0.1, -0.05) is 67.3 Å². The Morgan fingerprint density at radius 3 is 2.49 bits per heavy atom. The van der Waals surface area contributed by atoms with Crippen molar-refractivity contribution < 1.29 is 23.3 Å². The first-order valence-electron chi connectivity index (χ1n) is 17.9. The molecule has 0 radical (unpaired) electrons. The Labute approximate surface area is 308 Å². The number of ether oxygens (including phenoxy) is 2. The molecule has 1 amide bonds. The molecule has 1 aromatic heterocycles. The van der Waals surface area contributed by atoms with Crippen LogP contribution in [0.15, 0.2) is 70.4 Å². The molecule has 53 heavy (non-hydrogen) atoms. The van der Waals surface area contributed by atoms with Crippen molar-refractivity contribution in [1.82, 2.24) is 19.5 Å². The Balaban J connectivity index is 1.10. The number of aromatic amines is 1. The Bertz CT molecular complexity index is 2370. The molecule has 2 aliphatic heterocycles. The lowest BCUT2D eigenvalue weighted by atomic mass is 9.92. The summed E-state index contributed by atoms with van der Waals surface area (Å²) < 4.78 is 29.1. The van der Waals surface area contributed by atoms with E-state index in [-0.39, 0.29) is 49.9 Å². The Kier molecular flexibility index (Phi) is 10.4. The smallest absolute Gasteiger partial charge is 0.330 e. The second-order valence-corrected chi connectivity index (χ2v) is 15.3. The monoisotopic (exact) mass is 735 g/mol. The van der Waals surface area contributed by atoms with Gasteiger partial charge in [-0.15, -0.1) is 0 Å². The van der Waals surface area contributed by atoms with Gasteiger partial charge in [0.1, 0.15) is 30.0 Å². The second-order valence-electron chi connectivity index (χ2n) is 13.9. The molecule has 3 heterocycles. The quantitative estimate of drug-likeness (QED) is 0.0529. The van der Waals surface area contributed by atoms with E-state index in [1.807, 2.05) is 37.3 Å². The van der Waals surface area contributed by atoms with Gasteiger partial charge in [0.25, 0.3) is 20.0 Å². The molecule has 2 bridgehead atoms. The van der Waals surface area contributed by atoms with E-state index in [9.17, 15) is 14.4 Å². The maximum atomic E-state index is 13.4. The van der Waals surface area contributed by atoms with Gasteiger partial charge >= 0.3 is 5.69 Å². The zero-order chi connectivity index (χ0) is 37.4. The molecule has 5 atom stereocenters. The Hall–Kier alpha value is -4.65. The van der Waals surface area contributed by atoms with Crippen molar-refractivity contribution in [3.05, 3.63) is 104 Å². The number of hydrogen-bond acceptors (Lipinski definition) is 8. The number of amides is 1. The Morgan fingerprint density at radius 2 is 1.79 bits per heavy atom. The summed E-state index contributed by atoms with van der Waals surface area (Å²) in [5, 5.41) is 9.16. The summed E-state index contributed by atoms with van der Waals surface area (Å²) in [6, 6.07) is 18.3. The summed E-state index contributed by atoms with van der Waals surface area (Å²) in [6.07, 6.45) is -0.259. The van der Waals surface area contributed by atoms with Crippen molar-refractivity contribution in [3.63, 3.8) is 0 Å². The fraction of sp³-hybridized carbons (Fsp3) is 0.400. The van der Waals surface area contributed by atoms with Crippen LogP contribution in [0.2, 0.25) is 0 Å². The third-order valence-electron chi connectivity index (χ3n) is 10.0. The molecule has 2 fully saturated rings. The minimum absolute atomic E-state index is 0.0286. The van der Waals surface area contributed by atoms with Crippen LogP contribution in [0.4, 0.5) is 0 Å². The molecule has 274 valence electrons. The number of fused-ring (bicyclic) bond motifs is 2. The van der Waals surface area contributed by atoms with E-state index < -0.39 is 43.8 Å². The highest BCUT2D eigenvalue weighted by Gasteiger charge is 2.63. The summed E-state index contributed by atoms with van der Waals surface area (Å²) in [6.45, 7) is 18.1. The first-order valence-corrected chi connectivity index (χ1v) is 19.0. The van der Waals surface area contributed by atoms with Gasteiger partial charge in [-0.05, 0) is 72.5 Å². The van der Waals surface area contributed by atoms with Gasteiger partial charge in [-0.25, -0.2) is 16.0 Å². The summed E-state index contributed by atoms with van der Waals surface area (Å²) >= 11 is 0. The molecule has 0 spiro atoms. The topological polar surface area (TPSA) is 128 Å². The van der Waals surface area contributed by atoms with Gasteiger partial charge in [-0.2, -0.15) is 0 Å². The van der Waals surface area contributed by atoms with Gasteiger partial charge in [0.05, 0.1) is 13.2 Å².